The van der Waals surface area contributed by atoms with E-state index in [1.54, 1.807) is 24.5 Å². The van der Waals surface area contributed by atoms with E-state index in [2.05, 4.69) is 37.7 Å². The molecule has 0 saturated carbocycles. The highest BCUT2D eigenvalue weighted by Gasteiger charge is 2.38. The van der Waals surface area contributed by atoms with Gasteiger partial charge in [-0.15, -0.1) is 11.3 Å². The first kappa shape index (κ1) is 21.8. The molecule has 0 unspecified atom stereocenters. The lowest BCUT2D eigenvalue weighted by Crippen LogP contribution is -2.46. The molecule has 0 N–H and O–H groups in total. The van der Waals surface area contributed by atoms with Crippen molar-refractivity contribution in [2.24, 2.45) is 0 Å². The number of hydrogen-bond acceptors (Lipinski definition) is 7. The van der Waals surface area contributed by atoms with Crippen molar-refractivity contribution in [2.45, 2.75) is 13.0 Å². The minimum Gasteiger partial charge on any atom is -0.385 e. The summed E-state index contributed by atoms with van der Waals surface area (Å²) in [6.07, 6.45) is 4.52. The normalized spacial score (nSPS) is 16.6. The molecule has 1 aromatic carbocycles. The standard InChI is InChI=1S/C24H27N5O3S/c1-32-15-4-10-29-22(30)19-6-2-7-20(21(19)23(29)31)27-13-11-26(12-14-27)17-18-5-3-9-28(18)24-25-8-16-33-24/h2-3,5-9,16H,4,10-15,17H2,1H3. The van der Waals surface area contributed by atoms with Gasteiger partial charge in [0.15, 0.2) is 5.13 Å². The van der Waals surface area contributed by atoms with Gasteiger partial charge in [-0.1, -0.05) is 6.07 Å². The largest absolute Gasteiger partial charge is 0.385 e. The molecule has 2 aliphatic rings. The Kier molecular flexibility index (Phi) is 6.26. The Morgan fingerprint density at radius 1 is 1.06 bits per heavy atom. The van der Waals surface area contributed by atoms with Crippen LogP contribution in [0.4, 0.5) is 5.69 Å². The number of thiazole rings is 1. The molecule has 0 aliphatic carbocycles. The van der Waals surface area contributed by atoms with E-state index in [0.29, 0.717) is 30.7 Å². The summed E-state index contributed by atoms with van der Waals surface area (Å²) in [4.78, 5) is 36.4. The monoisotopic (exact) mass is 465 g/mol. The first-order chi connectivity index (χ1) is 16.2. The Labute approximate surface area is 197 Å². The van der Waals surface area contributed by atoms with Crippen LogP contribution in [0.5, 0.6) is 0 Å². The number of hydrogen-bond donors (Lipinski definition) is 0. The van der Waals surface area contributed by atoms with E-state index >= 15 is 0 Å². The van der Waals surface area contributed by atoms with Gasteiger partial charge in [0, 0.05) is 76.5 Å². The van der Waals surface area contributed by atoms with Crippen LogP contribution >= 0.6 is 11.3 Å². The Morgan fingerprint density at radius 2 is 1.91 bits per heavy atom. The predicted molar refractivity (Wildman–Crippen MR) is 127 cm³/mol. The fraction of sp³-hybridized carbons (Fsp3) is 0.375. The number of anilines is 1. The van der Waals surface area contributed by atoms with Crippen molar-refractivity contribution in [2.75, 3.05) is 51.3 Å². The first-order valence-electron chi connectivity index (χ1n) is 11.2. The number of benzene rings is 1. The first-order valence-corrected chi connectivity index (χ1v) is 12.1. The Hall–Kier alpha value is -3.01. The molecule has 33 heavy (non-hydrogen) atoms. The molecule has 1 saturated heterocycles. The van der Waals surface area contributed by atoms with Crippen molar-refractivity contribution < 1.29 is 14.3 Å². The molecular formula is C24H27N5O3S. The molecule has 3 aromatic rings. The van der Waals surface area contributed by atoms with E-state index in [1.807, 2.05) is 23.7 Å². The van der Waals surface area contributed by atoms with Crippen LogP contribution in [0.1, 0.15) is 32.8 Å². The number of methoxy groups -OCH3 is 1. The molecule has 1 fully saturated rings. The molecule has 0 atom stereocenters. The van der Waals surface area contributed by atoms with E-state index in [9.17, 15) is 9.59 Å². The minimum absolute atomic E-state index is 0.189. The molecule has 9 heteroatoms. The van der Waals surface area contributed by atoms with Crippen molar-refractivity contribution in [3.8, 4) is 5.13 Å². The van der Waals surface area contributed by atoms with Crippen LogP contribution < -0.4 is 4.90 Å². The van der Waals surface area contributed by atoms with Gasteiger partial charge in [0.1, 0.15) is 0 Å². The molecule has 2 aliphatic heterocycles. The third-order valence-electron chi connectivity index (χ3n) is 6.26. The number of rotatable bonds is 8. The maximum absolute atomic E-state index is 13.1. The number of piperazine rings is 1. The van der Waals surface area contributed by atoms with Crippen LogP contribution in [0.15, 0.2) is 48.1 Å². The second-order valence-electron chi connectivity index (χ2n) is 8.26. The zero-order chi connectivity index (χ0) is 22.8. The SMILES string of the molecule is COCCCN1C(=O)c2cccc(N3CCN(Cc4cccn4-c4nccs4)CC3)c2C1=O. The van der Waals surface area contributed by atoms with E-state index in [0.717, 1.165) is 43.5 Å². The second kappa shape index (κ2) is 9.46. The second-order valence-corrected chi connectivity index (χ2v) is 9.13. The van der Waals surface area contributed by atoms with Crippen LogP contribution in [0, 0.1) is 0 Å². The lowest BCUT2D eigenvalue weighted by molar-refractivity contribution is 0.0639. The highest BCUT2D eigenvalue weighted by Crippen LogP contribution is 2.32. The Balaban J connectivity index is 1.26. The fourth-order valence-corrected chi connectivity index (χ4v) is 5.25. The molecule has 4 heterocycles. The van der Waals surface area contributed by atoms with Gasteiger partial charge >= 0.3 is 0 Å². The molecule has 5 rings (SSSR count). The van der Waals surface area contributed by atoms with E-state index in [1.165, 1.54) is 10.6 Å². The Bertz CT molecular complexity index is 1130. The van der Waals surface area contributed by atoms with Gasteiger partial charge in [0.05, 0.1) is 16.8 Å². The fourth-order valence-electron chi connectivity index (χ4n) is 4.59. The van der Waals surface area contributed by atoms with Gasteiger partial charge in [0.25, 0.3) is 11.8 Å². The summed E-state index contributed by atoms with van der Waals surface area (Å²) in [6.45, 7) is 5.12. The molecule has 8 nitrogen and oxygen atoms in total. The van der Waals surface area contributed by atoms with Crippen LogP contribution in [-0.2, 0) is 11.3 Å². The van der Waals surface area contributed by atoms with Crippen molar-refractivity contribution in [1.82, 2.24) is 19.4 Å². The van der Waals surface area contributed by atoms with Gasteiger partial charge in [-0.3, -0.25) is 24.0 Å². The molecule has 0 radical (unpaired) electrons. The average Bonchev–Trinajstić information content (AvgIpc) is 3.57. The molecular weight excluding hydrogens is 438 g/mol. The lowest BCUT2D eigenvalue weighted by Gasteiger charge is -2.36. The van der Waals surface area contributed by atoms with E-state index in [-0.39, 0.29) is 11.8 Å². The molecule has 172 valence electrons. The maximum Gasteiger partial charge on any atom is 0.263 e. The quantitative estimate of drug-likeness (QED) is 0.376. The number of carbonyl (C=O) groups is 2. The topological polar surface area (TPSA) is 70.9 Å². The average molecular weight is 466 g/mol. The predicted octanol–water partition coefficient (Wildman–Crippen LogP) is 2.89. The van der Waals surface area contributed by atoms with E-state index in [4.69, 9.17) is 4.74 Å². The van der Waals surface area contributed by atoms with Crippen molar-refractivity contribution >= 4 is 28.8 Å². The summed E-state index contributed by atoms with van der Waals surface area (Å²) in [6, 6.07) is 9.80. The summed E-state index contributed by atoms with van der Waals surface area (Å²) in [5, 5.41) is 2.97. The summed E-state index contributed by atoms with van der Waals surface area (Å²) < 4.78 is 7.22. The third kappa shape index (κ3) is 4.19. The highest BCUT2D eigenvalue weighted by molar-refractivity contribution is 7.12. The zero-order valence-electron chi connectivity index (χ0n) is 18.6. The number of fused-ring (bicyclic) bond motifs is 1. The number of imide groups is 1. The summed E-state index contributed by atoms with van der Waals surface area (Å²) in [5.74, 6) is -0.389. The number of ether oxygens (including phenoxy) is 1. The minimum atomic E-state index is -0.200. The van der Waals surface area contributed by atoms with Gasteiger partial charge in [-0.05, 0) is 30.7 Å². The highest BCUT2D eigenvalue weighted by atomic mass is 32.1. The smallest absolute Gasteiger partial charge is 0.263 e. The molecule has 2 aromatic heterocycles. The van der Waals surface area contributed by atoms with Crippen LogP contribution in [-0.4, -0.2) is 77.6 Å². The van der Waals surface area contributed by atoms with E-state index < -0.39 is 0 Å². The Morgan fingerprint density at radius 3 is 2.67 bits per heavy atom. The van der Waals surface area contributed by atoms with Crippen LogP contribution in [0.25, 0.3) is 5.13 Å². The van der Waals surface area contributed by atoms with Crippen LogP contribution in [0.2, 0.25) is 0 Å². The number of amides is 2. The third-order valence-corrected chi connectivity index (χ3v) is 7.04. The van der Waals surface area contributed by atoms with Crippen molar-refractivity contribution in [3.05, 3.63) is 64.9 Å². The summed E-state index contributed by atoms with van der Waals surface area (Å²) >= 11 is 1.63. The summed E-state index contributed by atoms with van der Waals surface area (Å²) in [5.41, 5.74) is 3.14. The van der Waals surface area contributed by atoms with Crippen molar-refractivity contribution in [3.63, 3.8) is 0 Å². The number of aromatic nitrogens is 2. The van der Waals surface area contributed by atoms with Crippen molar-refractivity contribution in [1.29, 1.82) is 0 Å². The van der Waals surface area contributed by atoms with Gasteiger partial charge in [-0.25, -0.2) is 4.98 Å². The lowest BCUT2D eigenvalue weighted by atomic mass is 10.1. The molecule has 0 spiro atoms. The summed E-state index contributed by atoms with van der Waals surface area (Å²) in [7, 11) is 1.62. The molecule has 0 bridgehead atoms. The number of carbonyl (C=O) groups excluding carboxylic acids is 2. The van der Waals surface area contributed by atoms with Gasteiger partial charge < -0.3 is 9.64 Å². The van der Waals surface area contributed by atoms with Gasteiger partial charge in [0.2, 0.25) is 0 Å². The maximum atomic E-state index is 13.1. The molecule has 2 amide bonds. The zero-order valence-corrected chi connectivity index (χ0v) is 19.5. The van der Waals surface area contributed by atoms with Crippen LogP contribution in [0.3, 0.4) is 0 Å². The number of nitrogens with zero attached hydrogens (tertiary/aromatic N) is 5. The van der Waals surface area contributed by atoms with Gasteiger partial charge in [-0.2, -0.15) is 0 Å².